The molecule has 0 aliphatic heterocycles. The highest BCUT2D eigenvalue weighted by molar-refractivity contribution is 5.85. The number of carbonyl (C=O) groups excluding carboxylic acids is 1. The first-order chi connectivity index (χ1) is 6.97. The molecule has 1 atom stereocenters. The molecule has 4 heteroatoms. The molecule has 0 radical (unpaired) electrons. The largest absolute Gasteiger partial charge is 0.391 e. The number of amides is 1. The van der Waals surface area contributed by atoms with E-state index < -0.39 is 5.54 Å². The van der Waals surface area contributed by atoms with Crippen LogP contribution in [0.3, 0.4) is 0 Å². The van der Waals surface area contributed by atoms with Gasteiger partial charge in [-0.2, -0.15) is 0 Å². The van der Waals surface area contributed by atoms with Crippen molar-refractivity contribution in [2.24, 2.45) is 5.92 Å². The first-order valence-electron chi connectivity index (χ1n) is 5.68. The van der Waals surface area contributed by atoms with Crippen LogP contribution in [0.25, 0.3) is 0 Å². The van der Waals surface area contributed by atoms with Crippen LogP contribution in [0.4, 0.5) is 0 Å². The zero-order chi connectivity index (χ0) is 11.5. The van der Waals surface area contributed by atoms with E-state index in [1.807, 2.05) is 20.8 Å². The molecule has 1 fully saturated rings. The number of nitrogens with one attached hydrogen (secondary N) is 2. The summed E-state index contributed by atoms with van der Waals surface area (Å²) in [6.07, 6.45) is 1.81. The van der Waals surface area contributed by atoms with Gasteiger partial charge in [0.25, 0.3) is 0 Å². The smallest absolute Gasteiger partial charge is 0.239 e. The third-order valence-electron chi connectivity index (χ3n) is 2.82. The average molecular weight is 214 g/mol. The Bertz CT molecular complexity index is 225. The fourth-order valence-electron chi connectivity index (χ4n) is 1.59. The van der Waals surface area contributed by atoms with Gasteiger partial charge in [0.2, 0.25) is 5.91 Å². The van der Waals surface area contributed by atoms with E-state index in [1.165, 1.54) is 0 Å². The van der Waals surface area contributed by atoms with Crippen molar-refractivity contribution < 1.29 is 9.90 Å². The van der Waals surface area contributed by atoms with Gasteiger partial charge < -0.3 is 15.7 Å². The van der Waals surface area contributed by atoms with Crippen molar-refractivity contribution in [3.05, 3.63) is 0 Å². The van der Waals surface area contributed by atoms with E-state index in [2.05, 4.69) is 10.6 Å². The highest BCUT2D eigenvalue weighted by Gasteiger charge is 2.31. The molecule has 0 aromatic heterocycles. The van der Waals surface area contributed by atoms with Crippen molar-refractivity contribution in [1.29, 1.82) is 0 Å². The number of aliphatic hydroxyl groups excluding tert-OH is 1. The second kappa shape index (κ2) is 4.94. The molecule has 88 valence electrons. The number of hydrogen-bond acceptors (Lipinski definition) is 3. The lowest BCUT2D eigenvalue weighted by molar-refractivity contribution is -0.126. The van der Waals surface area contributed by atoms with E-state index in [4.69, 9.17) is 0 Å². The normalized spacial score (nSPS) is 18.7. The summed E-state index contributed by atoms with van der Waals surface area (Å²) in [4.78, 5) is 11.7. The minimum Gasteiger partial charge on any atom is -0.391 e. The van der Waals surface area contributed by atoms with E-state index in [-0.39, 0.29) is 12.0 Å². The average Bonchev–Trinajstić information content (AvgIpc) is 2.96. The van der Waals surface area contributed by atoms with Gasteiger partial charge in [0, 0.05) is 6.54 Å². The summed E-state index contributed by atoms with van der Waals surface area (Å²) in [6.45, 7) is 6.78. The Balaban J connectivity index is 2.27. The van der Waals surface area contributed by atoms with Crippen LogP contribution in [0, 0.1) is 5.92 Å². The Labute approximate surface area is 91.4 Å². The number of hydrogen-bond donors (Lipinski definition) is 3. The summed E-state index contributed by atoms with van der Waals surface area (Å²) >= 11 is 0. The number of aliphatic hydroxyl groups is 1. The molecule has 0 spiro atoms. The first kappa shape index (κ1) is 12.5. The molecule has 1 aliphatic carbocycles. The first-order valence-corrected chi connectivity index (χ1v) is 5.68. The Morgan fingerprint density at radius 2 is 2.13 bits per heavy atom. The molecular weight excluding hydrogens is 192 g/mol. The highest BCUT2D eigenvalue weighted by atomic mass is 16.3. The van der Waals surface area contributed by atoms with Gasteiger partial charge >= 0.3 is 0 Å². The van der Waals surface area contributed by atoms with Gasteiger partial charge in [-0.15, -0.1) is 0 Å². The third-order valence-corrected chi connectivity index (χ3v) is 2.82. The molecule has 0 aromatic rings. The van der Waals surface area contributed by atoms with Gasteiger partial charge in [-0.05, 0) is 39.2 Å². The molecule has 1 saturated carbocycles. The second-order valence-electron chi connectivity index (χ2n) is 4.77. The van der Waals surface area contributed by atoms with Gasteiger partial charge in [-0.1, -0.05) is 6.92 Å². The Kier molecular flexibility index (Phi) is 4.11. The quantitative estimate of drug-likeness (QED) is 0.594. The molecule has 0 bridgehead atoms. The Hall–Kier alpha value is -0.610. The van der Waals surface area contributed by atoms with Crippen LogP contribution < -0.4 is 10.6 Å². The van der Waals surface area contributed by atoms with Crippen LogP contribution in [0.5, 0.6) is 0 Å². The van der Waals surface area contributed by atoms with Crippen molar-refractivity contribution in [3.63, 3.8) is 0 Å². The molecule has 1 unspecified atom stereocenters. The summed E-state index contributed by atoms with van der Waals surface area (Å²) in [7, 11) is 0. The lowest BCUT2D eigenvalue weighted by atomic mass is 10.0. The predicted molar refractivity (Wildman–Crippen MR) is 59.5 cm³/mol. The van der Waals surface area contributed by atoms with Gasteiger partial charge in [0.1, 0.15) is 0 Å². The van der Waals surface area contributed by atoms with Crippen molar-refractivity contribution in [1.82, 2.24) is 10.6 Å². The fourth-order valence-corrected chi connectivity index (χ4v) is 1.59. The van der Waals surface area contributed by atoms with E-state index in [0.29, 0.717) is 12.5 Å². The summed E-state index contributed by atoms with van der Waals surface area (Å²) in [5, 5.41) is 15.5. The summed E-state index contributed by atoms with van der Waals surface area (Å²) < 4.78 is 0. The standard InChI is InChI=1S/C11H22N2O2/c1-4-13-11(2,3)10(15)12-7-9(14)8-5-6-8/h8-9,13-14H,4-7H2,1-3H3,(H,12,15). The van der Waals surface area contributed by atoms with Crippen LogP contribution in [-0.2, 0) is 4.79 Å². The summed E-state index contributed by atoms with van der Waals surface area (Å²) in [5.74, 6) is 0.358. The minimum atomic E-state index is -0.558. The maximum absolute atomic E-state index is 11.7. The van der Waals surface area contributed by atoms with Crippen LogP contribution in [0.15, 0.2) is 0 Å². The van der Waals surface area contributed by atoms with Gasteiger partial charge in [-0.3, -0.25) is 4.79 Å². The lowest BCUT2D eigenvalue weighted by Gasteiger charge is -2.25. The van der Waals surface area contributed by atoms with Gasteiger partial charge in [0.15, 0.2) is 0 Å². The Morgan fingerprint density at radius 1 is 1.53 bits per heavy atom. The Morgan fingerprint density at radius 3 is 2.60 bits per heavy atom. The molecule has 0 aromatic carbocycles. The summed E-state index contributed by atoms with van der Waals surface area (Å²) in [5.41, 5.74) is -0.558. The van der Waals surface area contributed by atoms with Crippen LogP contribution >= 0.6 is 0 Å². The molecule has 4 nitrogen and oxygen atoms in total. The van der Waals surface area contributed by atoms with Crippen LogP contribution in [-0.4, -0.2) is 35.7 Å². The number of likely N-dealkylation sites (N-methyl/N-ethyl adjacent to an activating group) is 1. The minimum absolute atomic E-state index is 0.0518. The molecule has 0 heterocycles. The van der Waals surface area contributed by atoms with E-state index in [9.17, 15) is 9.90 Å². The van der Waals surface area contributed by atoms with E-state index >= 15 is 0 Å². The highest BCUT2D eigenvalue weighted by Crippen LogP contribution is 2.32. The third kappa shape index (κ3) is 3.80. The molecular formula is C11H22N2O2. The zero-order valence-electron chi connectivity index (χ0n) is 9.84. The summed E-state index contributed by atoms with van der Waals surface area (Å²) in [6, 6.07) is 0. The maximum Gasteiger partial charge on any atom is 0.239 e. The number of rotatable bonds is 6. The van der Waals surface area contributed by atoms with Crippen molar-refractivity contribution in [2.45, 2.75) is 45.3 Å². The second-order valence-corrected chi connectivity index (χ2v) is 4.77. The van der Waals surface area contributed by atoms with E-state index in [1.54, 1.807) is 0 Å². The SMILES string of the molecule is CCNC(C)(C)C(=O)NCC(O)C1CC1. The molecule has 0 saturated heterocycles. The number of carbonyl (C=O) groups is 1. The zero-order valence-corrected chi connectivity index (χ0v) is 9.84. The maximum atomic E-state index is 11.7. The van der Waals surface area contributed by atoms with E-state index in [0.717, 1.165) is 19.4 Å². The monoisotopic (exact) mass is 214 g/mol. The molecule has 15 heavy (non-hydrogen) atoms. The molecule has 1 amide bonds. The van der Waals surface area contributed by atoms with Gasteiger partial charge in [0.05, 0.1) is 11.6 Å². The van der Waals surface area contributed by atoms with Crippen molar-refractivity contribution >= 4 is 5.91 Å². The topological polar surface area (TPSA) is 61.4 Å². The van der Waals surface area contributed by atoms with Gasteiger partial charge in [-0.25, -0.2) is 0 Å². The molecule has 3 N–H and O–H groups in total. The molecule has 1 rings (SSSR count). The lowest BCUT2D eigenvalue weighted by Crippen LogP contribution is -2.53. The predicted octanol–water partition coefficient (Wildman–Crippen LogP) is 0.262. The van der Waals surface area contributed by atoms with Crippen LogP contribution in [0.1, 0.15) is 33.6 Å². The molecule has 1 aliphatic rings. The van der Waals surface area contributed by atoms with Crippen molar-refractivity contribution in [2.75, 3.05) is 13.1 Å². The fraction of sp³-hybridized carbons (Fsp3) is 0.909. The van der Waals surface area contributed by atoms with Crippen molar-refractivity contribution in [3.8, 4) is 0 Å². The van der Waals surface area contributed by atoms with Crippen LogP contribution in [0.2, 0.25) is 0 Å².